The summed E-state index contributed by atoms with van der Waals surface area (Å²) in [7, 11) is 0. The number of rotatable bonds is 3. The standard InChI is InChI=1S/C15H18N2O4/c1-15(2)10-21-9-8-17(15)14(20)13-11(4-3-7-16-13)5-6-12(18)19/h3-7H,8-10H2,1-2H3,(H,18,19)/b6-5+. The SMILES string of the molecule is CC1(C)COCCN1C(=O)c1ncccc1/C=C/C(=O)O. The summed E-state index contributed by atoms with van der Waals surface area (Å²) < 4.78 is 5.40. The van der Waals surface area contributed by atoms with Gasteiger partial charge in [-0.05, 0) is 26.0 Å². The van der Waals surface area contributed by atoms with Gasteiger partial charge in [-0.3, -0.25) is 9.78 Å². The predicted molar refractivity (Wildman–Crippen MR) is 76.8 cm³/mol. The van der Waals surface area contributed by atoms with Gasteiger partial charge in [0.15, 0.2) is 0 Å². The van der Waals surface area contributed by atoms with Crippen molar-refractivity contribution in [3.8, 4) is 0 Å². The van der Waals surface area contributed by atoms with Gasteiger partial charge in [-0.2, -0.15) is 0 Å². The quantitative estimate of drug-likeness (QED) is 0.852. The number of carboxylic acids is 1. The molecular weight excluding hydrogens is 272 g/mol. The van der Waals surface area contributed by atoms with E-state index in [1.807, 2.05) is 13.8 Å². The van der Waals surface area contributed by atoms with Crippen molar-refractivity contribution < 1.29 is 19.4 Å². The summed E-state index contributed by atoms with van der Waals surface area (Å²) >= 11 is 0. The van der Waals surface area contributed by atoms with Gasteiger partial charge in [-0.25, -0.2) is 4.79 Å². The number of nitrogens with zero attached hydrogens (tertiary/aromatic N) is 2. The molecule has 1 aromatic heterocycles. The lowest BCUT2D eigenvalue weighted by molar-refractivity contribution is -0.131. The first-order valence-electron chi connectivity index (χ1n) is 6.67. The first-order valence-corrected chi connectivity index (χ1v) is 6.67. The number of aromatic nitrogens is 1. The van der Waals surface area contributed by atoms with E-state index in [0.717, 1.165) is 6.08 Å². The Morgan fingerprint density at radius 2 is 2.24 bits per heavy atom. The lowest BCUT2D eigenvalue weighted by Gasteiger charge is -2.42. The van der Waals surface area contributed by atoms with E-state index in [2.05, 4.69) is 4.98 Å². The molecular formula is C15H18N2O4. The van der Waals surface area contributed by atoms with Crippen LogP contribution in [0.15, 0.2) is 24.4 Å². The Bertz CT molecular complexity index is 581. The van der Waals surface area contributed by atoms with Gasteiger partial charge in [0.05, 0.1) is 18.8 Å². The van der Waals surface area contributed by atoms with Crippen molar-refractivity contribution in [2.45, 2.75) is 19.4 Å². The Hall–Kier alpha value is -2.21. The van der Waals surface area contributed by atoms with Crippen molar-refractivity contribution in [1.82, 2.24) is 9.88 Å². The summed E-state index contributed by atoms with van der Waals surface area (Å²) in [5, 5.41) is 8.72. The zero-order valence-electron chi connectivity index (χ0n) is 12.1. The monoisotopic (exact) mass is 290 g/mol. The van der Waals surface area contributed by atoms with Crippen molar-refractivity contribution in [3.63, 3.8) is 0 Å². The molecule has 0 unspecified atom stereocenters. The van der Waals surface area contributed by atoms with Crippen molar-refractivity contribution in [1.29, 1.82) is 0 Å². The predicted octanol–water partition coefficient (Wildman–Crippen LogP) is 1.43. The van der Waals surface area contributed by atoms with Gasteiger partial charge >= 0.3 is 5.97 Å². The minimum absolute atomic E-state index is 0.214. The summed E-state index contributed by atoms with van der Waals surface area (Å²) in [6.45, 7) is 5.30. The second-order valence-corrected chi connectivity index (χ2v) is 5.43. The van der Waals surface area contributed by atoms with E-state index in [1.165, 1.54) is 12.3 Å². The zero-order valence-corrected chi connectivity index (χ0v) is 12.1. The minimum Gasteiger partial charge on any atom is -0.478 e. The van der Waals surface area contributed by atoms with E-state index in [1.54, 1.807) is 17.0 Å². The van der Waals surface area contributed by atoms with E-state index >= 15 is 0 Å². The zero-order chi connectivity index (χ0) is 15.5. The van der Waals surface area contributed by atoms with E-state index < -0.39 is 11.5 Å². The van der Waals surface area contributed by atoms with Crippen LogP contribution < -0.4 is 0 Å². The fraction of sp³-hybridized carbons (Fsp3) is 0.400. The number of aliphatic carboxylic acids is 1. The third-order valence-electron chi connectivity index (χ3n) is 3.34. The molecule has 6 heteroatoms. The number of morpholine rings is 1. The highest BCUT2D eigenvalue weighted by atomic mass is 16.5. The lowest BCUT2D eigenvalue weighted by Crippen LogP contribution is -2.55. The highest BCUT2D eigenvalue weighted by molar-refractivity contribution is 5.97. The Morgan fingerprint density at radius 1 is 1.48 bits per heavy atom. The van der Waals surface area contributed by atoms with Crippen LogP contribution in [0.2, 0.25) is 0 Å². The largest absolute Gasteiger partial charge is 0.478 e. The van der Waals surface area contributed by atoms with Crippen molar-refractivity contribution >= 4 is 18.0 Å². The normalized spacial score (nSPS) is 17.9. The molecule has 112 valence electrons. The Morgan fingerprint density at radius 3 is 2.90 bits per heavy atom. The topological polar surface area (TPSA) is 79.7 Å². The van der Waals surface area contributed by atoms with Crippen LogP contribution in [-0.4, -0.2) is 52.2 Å². The molecule has 0 spiro atoms. The maximum Gasteiger partial charge on any atom is 0.328 e. The number of hydrogen-bond acceptors (Lipinski definition) is 4. The number of hydrogen-bond donors (Lipinski definition) is 1. The Balaban J connectivity index is 2.33. The summed E-state index contributed by atoms with van der Waals surface area (Å²) in [6, 6.07) is 3.34. The first-order chi connectivity index (χ1) is 9.92. The molecule has 1 fully saturated rings. The number of carbonyl (C=O) groups excluding carboxylic acids is 1. The second-order valence-electron chi connectivity index (χ2n) is 5.43. The smallest absolute Gasteiger partial charge is 0.328 e. The van der Waals surface area contributed by atoms with Crippen molar-refractivity contribution in [2.75, 3.05) is 19.8 Å². The van der Waals surface area contributed by atoms with Crippen LogP contribution in [0, 0.1) is 0 Å². The number of carboxylic acid groups (broad SMARTS) is 1. The molecule has 21 heavy (non-hydrogen) atoms. The van der Waals surface area contributed by atoms with Crippen molar-refractivity contribution in [2.24, 2.45) is 0 Å². The average molecular weight is 290 g/mol. The molecule has 0 bridgehead atoms. The molecule has 6 nitrogen and oxygen atoms in total. The summed E-state index contributed by atoms with van der Waals surface area (Å²) in [6.07, 6.45) is 3.91. The van der Waals surface area contributed by atoms with Gasteiger partial charge in [0, 0.05) is 24.4 Å². The molecule has 0 atom stereocenters. The highest BCUT2D eigenvalue weighted by Gasteiger charge is 2.35. The average Bonchev–Trinajstić information content (AvgIpc) is 2.44. The van der Waals surface area contributed by atoms with Crippen LogP contribution >= 0.6 is 0 Å². The highest BCUT2D eigenvalue weighted by Crippen LogP contribution is 2.22. The molecule has 2 rings (SSSR count). The van der Waals surface area contributed by atoms with Crippen LogP contribution in [0.3, 0.4) is 0 Å². The number of ether oxygens (including phenoxy) is 1. The van der Waals surface area contributed by atoms with E-state index in [9.17, 15) is 9.59 Å². The third kappa shape index (κ3) is 3.46. The summed E-state index contributed by atoms with van der Waals surface area (Å²) in [5.74, 6) is -1.28. The second kappa shape index (κ2) is 6.05. The molecule has 1 saturated heterocycles. The van der Waals surface area contributed by atoms with Crippen LogP contribution in [0.5, 0.6) is 0 Å². The van der Waals surface area contributed by atoms with Gasteiger partial charge < -0.3 is 14.7 Å². The van der Waals surface area contributed by atoms with Crippen LogP contribution in [0.25, 0.3) is 6.08 Å². The fourth-order valence-electron chi connectivity index (χ4n) is 2.25. The van der Waals surface area contributed by atoms with Gasteiger partial charge in [0.1, 0.15) is 5.69 Å². The van der Waals surface area contributed by atoms with Gasteiger partial charge in [-0.1, -0.05) is 6.07 Å². The molecule has 1 aromatic rings. The van der Waals surface area contributed by atoms with Gasteiger partial charge in [-0.15, -0.1) is 0 Å². The van der Waals surface area contributed by atoms with E-state index in [0.29, 0.717) is 25.3 Å². The van der Waals surface area contributed by atoms with Crippen LogP contribution in [0.1, 0.15) is 29.9 Å². The molecule has 0 saturated carbocycles. The van der Waals surface area contributed by atoms with Crippen molar-refractivity contribution in [3.05, 3.63) is 35.7 Å². The number of carbonyl (C=O) groups is 2. The first kappa shape index (κ1) is 15.2. The minimum atomic E-state index is -1.07. The molecule has 0 radical (unpaired) electrons. The van der Waals surface area contributed by atoms with Crippen LogP contribution in [-0.2, 0) is 9.53 Å². The molecule has 2 heterocycles. The molecule has 1 aliphatic rings. The Kier molecular flexibility index (Phi) is 4.37. The van der Waals surface area contributed by atoms with E-state index in [-0.39, 0.29) is 11.6 Å². The third-order valence-corrected chi connectivity index (χ3v) is 3.34. The van der Waals surface area contributed by atoms with Gasteiger partial charge in [0.25, 0.3) is 5.91 Å². The molecule has 1 amide bonds. The van der Waals surface area contributed by atoms with E-state index in [4.69, 9.17) is 9.84 Å². The summed E-state index contributed by atoms with van der Waals surface area (Å²) in [5.41, 5.74) is 0.331. The number of pyridine rings is 1. The molecule has 0 aromatic carbocycles. The molecule has 1 aliphatic heterocycles. The lowest BCUT2D eigenvalue weighted by atomic mass is 10.0. The maximum absolute atomic E-state index is 12.7. The summed E-state index contributed by atoms with van der Waals surface area (Å²) in [4.78, 5) is 29.2. The molecule has 1 N–H and O–H groups in total. The maximum atomic E-state index is 12.7. The van der Waals surface area contributed by atoms with Crippen LogP contribution in [0.4, 0.5) is 0 Å². The Labute approximate surface area is 123 Å². The fourth-order valence-corrected chi connectivity index (χ4v) is 2.25. The molecule has 0 aliphatic carbocycles. The van der Waals surface area contributed by atoms with Gasteiger partial charge in [0.2, 0.25) is 0 Å². The number of amides is 1.